The van der Waals surface area contributed by atoms with Crippen molar-refractivity contribution in [2.24, 2.45) is 0 Å². The third-order valence-electron chi connectivity index (χ3n) is 2.47. The summed E-state index contributed by atoms with van der Waals surface area (Å²) in [6, 6.07) is 6.43. The fraction of sp³-hybridized carbons (Fsp3) is 0.375. The van der Waals surface area contributed by atoms with Crippen molar-refractivity contribution in [1.29, 1.82) is 0 Å². The highest BCUT2D eigenvalue weighted by Crippen LogP contribution is 2.01. The summed E-state index contributed by atoms with van der Waals surface area (Å²) in [6.45, 7) is 5.89. The Bertz CT molecular complexity index is 312. The van der Waals surface area contributed by atoms with E-state index in [0.29, 0.717) is 11.1 Å². The number of carbonyl (C=O) groups is 2. The molecule has 0 atom stereocenters. The minimum Gasteiger partial charge on any atom is -0.298 e. The van der Waals surface area contributed by atoms with Crippen LogP contribution >= 0.6 is 0 Å². The monoisotopic (exact) mass is 246 g/mol. The van der Waals surface area contributed by atoms with Crippen molar-refractivity contribution in [3.05, 3.63) is 48.0 Å². The van der Waals surface area contributed by atoms with Crippen LogP contribution in [0.4, 0.5) is 0 Å². The molecule has 0 saturated heterocycles. The Hall–Kier alpha value is -1.70. The number of rotatable bonds is 7. The average molecular weight is 246 g/mol. The van der Waals surface area contributed by atoms with Gasteiger partial charge in [-0.15, -0.1) is 6.58 Å². The summed E-state index contributed by atoms with van der Waals surface area (Å²) < 4.78 is 0. The Balaban J connectivity index is 0.000000331. The zero-order chi connectivity index (χ0) is 13.6. The van der Waals surface area contributed by atoms with E-state index in [1.807, 2.05) is 6.08 Å². The molecule has 98 valence electrons. The Morgan fingerprint density at radius 2 is 1.44 bits per heavy atom. The molecule has 1 aromatic carbocycles. The first-order valence-electron chi connectivity index (χ1n) is 6.39. The van der Waals surface area contributed by atoms with Gasteiger partial charge < -0.3 is 0 Å². The van der Waals surface area contributed by atoms with Crippen molar-refractivity contribution in [3.63, 3.8) is 0 Å². The maximum absolute atomic E-state index is 10.1. The molecule has 0 bridgehead atoms. The minimum absolute atomic E-state index is 0.589. The standard InChI is InChI=1S/C8H6O2.C8H16/c9-5-7-1-2-8(6-10)4-3-7;1-3-5-7-8-6-4-2/h1-6H;3H,1,4-8H2,2H3. The van der Waals surface area contributed by atoms with Crippen LogP contribution in [0.3, 0.4) is 0 Å². The highest BCUT2D eigenvalue weighted by atomic mass is 16.1. The summed E-state index contributed by atoms with van der Waals surface area (Å²) in [7, 11) is 0. The van der Waals surface area contributed by atoms with Gasteiger partial charge in [0.25, 0.3) is 0 Å². The van der Waals surface area contributed by atoms with Crippen LogP contribution in [-0.4, -0.2) is 12.6 Å². The van der Waals surface area contributed by atoms with Crippen molar-refractivity contribution in [3.8, 4) is 0 Å². The molecule has 0 spiro atoms. The van der Waals surface area contributed by atoms with Gasteiger partial charge in [0.1, 0.15) is 12.6 Å². The van der Waals surface area contributed by atoms with Gasteiger partial charge in [-0.25, -0.2) is 0 Å². The van der Waals surface area contributed by atoms with Gasteiger partial charge in [-0.2, -0.15) is 0 Å². The van der Waals surface area contributed by atoms with E-state index in [-0.39, 0.29) is 0 Å². The van der Waals surface area contributed by atoms with Gasteiger partial charge in [0.2, 0.25) is 0 Å². The number of aldehydes is 2. The summed E-state index contributed by atoms with van der Waals surface area (Å²) in [5.41, 5.74) is 1.18. The molecule has 0 aliphatic carbocycles. The molecule has 0 aromatic heterocycles. The third-order valence-corrected chi connectivity index (χ3v) is 2.47. The fourth-order valence-corrected chi connectivity index (χ4v) is 1.37. The van der Waals surface area contributed by atoms with Crippen molar-refractivity contribution < 1.29 is 9.59 Å². The Labute approximate surface area is 110 Å². The first-order chi connectivity index (χ1) is 8.78. The summed E-state index contributed by atoms with van der Waals surface area (Å²) in [4.78, 5) is 20.2. The highest BCUT2D eigenvalue weighted by molar-refractivity contribution is 5.79. The van der Waals surface area contributed by atoms with Crippen LogP contribution in [0.25, 0.3) is 0 Å². The quantitative estimate of drug-likeness (QED) is 0.404. The zero-order valence-electron chi connectivity index (χ0n) is 11.1. The molecule has 0 heterocycles. The fourth-order valence-electron chi connectivity index (χ4n) is 1.37. The van der Waals surface area contributed by atoms with Gasteiger partial charge in [0.05, 0.1) is 0 Å². The Morgan fingerprint density at radius 1 is 0.944 bits per heavy atom. The summed E-state index contributed by atoms with van der Waals surface area (Å²) in [5.74, 6) is 0. The molecular weight excluding hydrogens is 224 g/mol. The molecule has 0 aliphatic rings. The van der Waals surface area contributed by atoms with E-state index in [9.17, 15) is 9.59 Å². The van der Waals surface area contributed by atoms with Crippen molar-refractivity contribution in [2.45, 2.75) is 39.0 Å². The number of allylic oxidation sites excluding steroid dienone is 1. The lowest BCUT2D eigenvalue weighted by Crippen LogP contribution is -1.81. The topological polar surface area (TPSA) is 34.1 Å². The Morgan fingerprint density at radius 3 is 1.78 bits per heavy atom. The second-order valence-corrected chi connectivity index (χ2v) is 4.04. The Kier molecular flexibility index (Phi) is 10.7. The number of unbranched alkanes of at least 4 members (excludes halogenated alkanes) is 4. The van der Waals surface area contributed by atoms with E-state index in [0.717, 1.165) is 12.6 Å². The molecule has 0 amide bonds. The number of hydrogen-bond acceptors (Lipinski definition) is 2. The van der Waals surface area contributed by atoms with Gasteiger partial charge in [-0.3, -0.25) is 9.59 Å². The van der Waals surface area contributed by atoms with Crippen LogP contribution in [0.15, 0.2) is 36.9 Å². The van der Waals surface area contributed by atoms with Gasteiger partial charge in [-0.05, 0) is 12.8 Å². The van der Waals surface area contributed by atoms with Crippen LogP contribution in [0.5, 0.6) is 0 Å². The molecule has 0 saturated carbocycles. The second kappa shape index (κ2) is 11.8. The molecule has 0 unspecified atom stereocenters. The maximum Gasteiger partial charge on any atom is 0.150 e. The summed E-state index contributed by atoms with van der Waals surface area (Å²) in [6.07, 6.45) is 10.1. The van der Waals surface area contributed by atoms with Gasteiger partial charge >= 0.3 is 0 Å². The lowest BCUT2D eigenvalue weighted by Gasteiger charge is -1.91. The number of benzene rings is 1. The normalized spacial score (nSPS) is 8.94. The predicted octanol–water partition coefficient (Wildman–Crippen LogP) is 4.45. The van der Waals surface area contributed by atoms with E-state index >= 15 is 0 Å². The van der Waals surface area contributed by atoms with E-state index in [1.54, 1.807) is 24.3 Å². The summed E-state index contributed by atoms with van der Waals surface area (Å²) >= 11 is 0. The van der Waals surface area contributed by atoms with Crippen LogP contribution in [0.2, 0.25) is 0 Å². The van der Waals surface area contributed by atoms with Crippen molar-refractivity contribution in [1.82, 2.24) is 0 Å². The van der Waals surface area contributed by atoms with Crippen LogP contribution < -0.4 is 0 Å². The predicted molar refractivity (Wildman–Crippen MR) is 76.2 cm³/mol. The average Bonchev–Trinajstić information content (AvgIpc) is 2.44. The van der Waals surface area contributed by atoms with E-state index in [1.165, 1.54) is 32.1 Å². The lowest BCUT2D eigenvalue weighted by atomic mass is 10.2. The molecular formula is C16H22O2. The molecule has 2 nitrogen and oxygen atoms in total. The van der Waals surface area contributed by atoms with Crippen LogP contribution in [0, 0.1) is 0 Å². The third kappa shape index (κ3) is 8.45. The van der Waals surface area contributed by atoms with E-state index in [4.69, 9.17) is 0 Å². The SMILES string of the molecule is C=CCCCCCC.O=Cc1ccc(C=O)cc1. The second-order valence-electron chi connectivity index (χ2n) is 4.04. The van der Waals surface area contributed by atoms with Gasteiger partial charge in [-0.1, -0.05) is 56.5 Å². The number of hydrogen-bond donors (Lipinski definition) is 0. The maximum atomic E-state index is 10.1. The largest absolute Gasteiger partial charge is 0.298 e. The molecule has 0 aliphatic heterocycles. The molecule has 0 N–H and O–H groups in total. The minimum atomic E-state index is 0.589. The molecule has 1 rings (SSSR count). The van der Waals surface area contributed by atoms with Gasteiger partial charge in [0, 0.05) is 11.1 Å². The van der Waals surface area contributed by atoms with Crippen molar-refractivity contribution in [2.75, 3.05) is 0 Å². The summed E-state index contributed by atoms with van der Waals surface area (Å²) in [5, 5.41) is 0. The molecule has 1 aromatic rings. The lowest BCUT2D eigenvalue weighted by molar-refractivity contribution is 0.111. The number of carbonyl (C=O) groups excluding carboxylic acids is 2. The van der Waals surface area contributed by atoms with Gasteiger partial charge in [0.15, 0.2) is 0 Å². The van der Waals surface area contributed by atoms with Crippen LogP contribution in [-0.2, 0) is 0 Å². The first-order valence-corrected chi connectivity index (χ1v) is 6.39. The molecule has 0 radical (unpaired) electrons. The van der Waals surface area contributed by atoms with E-state index in [2.05, 4.69) is 13.5 Å². The first kappa shape index (κ1) is 16.3. The van der Waals surface area contributed by atoms with E-state index < -0.39 is 0 Å². The van der Waals surface area contributed by atoms with Crippen molar-refractivity contribution >= 4 is 12.6 Å². The highest BCUT2D eigenvalue weighted by Gasteiger charge is 1.89. The molecule has 0 fully saturated rings. The zero-order valence-corrected chi connectivity index (χ0v) is 11.1. The van der Waals surface area contributed by atoms with Crippen LogP contribution in [0.1, 0.15) is 59.7 Å². The smallest absolute Gasteiger partial charge is 0.150 e. The molecule has 18 heavy (non-hydrogen) atoms. The molecule has 2 heteroatoms.